The first kappa shape index (κ1) is 8.87. The molecule has 1 heterocycles. The van der Waals surface area contributed by atoms with Gasteiger partial charge in [-0.1, -0.05) is 0 Å². The molecule has 4 nitrogen and oxygen atoms in total. The summed E-state index contributed by atoms with van der Waals surface area (Å²) < 4.78 is 5.55. The molecule has 74 valence electrons. The molecule has 2 aromatic rings. The van der Waals surface area contributed by atoms with Crippen molar-refractivity contribution in [2.24, 2.45) is 0 Å². The lowest BCUT2D eigenvalue weighted by atomic mass is 10.2. The molecule has 0 bridgehead atoms. The van der Waals surface area contributed by atoms with Gasteiger partial charge in [0.05, 0.1) is 23.5 Å². The number of hydrogen-bond acceptors (Lipinski definition) is 3. The van der Waals surface area contributed by atoms with Crippen LogP contribution >= 0.6 is 0 Å². The molecular weight excluding hydrogens is 178 g/mol. The Balaban J connectivity index is 2.48. The third kappa shape index (κ3) is 1.51. The van der Waals surface area contributed by atoms with Crippen LogP contribution in [0.5, 0.6) is 5.75 Å². The zero-order valence-corrected chi connectivity index (χ0v) is 8.24. The second kappa shape index (κ2) is 3.21. The maximum atomic E-state index is 5.83. The standard InChI is InChI=1S/C10H13N3O/c1-6(2)14-10-4-9-7(3-8(10)11)5-12-13-9/h3-6H,11H2,1-2H3,(H,12,13). The van der Waals surface area contributed by atoms with Gasteiger partial charge >= 0.3 is 0 Å². The Bertz CT molecular complexity index is 448. The predicted molar refractivity (Wildman–Crippen MR) is 56.3 cm³/mol. The second-order valence-corrected chi connectivity index (χ2v) is 3.51. The number of aromatic nitrogens is 2. The van der Waals surface area contributed by atoms with Crippen LogP contribution in [0.4, 0.5) is 5.69 Å². The van der Waals surface area contributed by atoms with Crippen molar-refractivity contribution in [2.45, 2.75) is 20.0 Å². The number of nitrogens with zero attached hydrogens (tertiary/aromatic N) is 1. The average molecular weight is 191 g/mol. The fourth-order valence-corrected chi connectivity index (χ4v) is 1.35. The Morgan fingerprint density at radius 1 is 1.43 bits per heavy atom. The third-order valence-electron chi connectivity index (χ3n) is 1.93. The van der Waals surface area contributed by atoms with Crippen LogP contribution in [0.2, 0.25) is 0 Å². The lowest BCUT2D eigenvalue weighted by Crippen LogP contribution is -2.07. The molecule has 1 aromatic carbocycles. The highest BCUT2D eigenvalue weighted by atomic mass is 16.5. The van der Waals surface area contributed by atoms with E-state index < -0.39 is 0 Å². The number of benzene rings is 1. The van der Waals surface area contributed by atoms with E-state index in [1.807, 2.05) is 26.0 Å². The number of H-pyrrole nitrogens is 1. The van der Waals surface area contributed by atoms with Gasteiger partial charge in [0.15, 0.2) is 0 Å². The van der Waals surface area contributed by atoms with Crippen molar-refractivity contribution >= 4 is 16.6 Å². The molecule has 0 radical (unpaired) electrons. The van der Waals surface area contributed by atoms with Crippen LogP contribution in [-0.2, 0) is 0 Å². The molecule has 0 amide bonds. The summed E-state index contributed by atoms with van der Waals surface area (Å²) in [6, 6.07) is 3.73. The number of fused-ring (bicyclic) bond motifs is 1. The highest BCUT2D eigenvalue weighted by molar-refractivity contribution is 5.84. The van der Waals surface area contributed by atoms with Gasteiger partial charge in [-0.15, -0.1) is 0 Å². The van der Waals surface area contributed by atoms with Gasteiger partial charge in [0, 0.05) is 11.5 Å². The van der Waals surface area contributed by atoms with Crippen LogP contribution in [0.3, 0.4) is 0 Å². The summed E-state index contributed by atoms with van der Waals surface area (Å²) in [6.07, 6.45) is 1.86. The molecule has 4 heteroatoms. The zero-order valence-electron chi connectivity index (χ0n) is 8.24. The van der Waals surface area contributed by atoms with Crippen LogP contribution < -0.4 is 10.5 Å². The Morgan fingerprint density at radius 3 is 2.93 bits per heavy atom. The lowest BCUT2D eigenvalue weighted by molar-refractivity contribution is 0.244. The van der Waals surface area contributed by atoms with Gasteiger partial charge in [0.2, 0.25) is 0 Å². The number of nitrogen functional groups attached to an aromatic ring is 1. The largest absolute Gasteiger partial charge is 0.489 e. The molecule has 0 aliphatic rings. The van der Waals surface area contributed by atoms with Crippen LogP contribution in [0.25, 0.3) is 10.9 Å². The predicted octanol–water partition coefficient (Wildman–Crippen LogP) is 1.93. The van der Waals surface area contributed by atoms with Gasteiger partial charge in [0.25, 0.3) is 0 Å². The molecule has 1 aromatic heterocycles. The SMILES string of the molecule is CC(C)Oc1cc2[nH]ncc2cc1N. The van der Waals surface area contributed by atoms with Gasteiger partial charge in [-0.25, -0.2) is 0 Å². The molecule has 0 aliphatic carbocycles. The van der Waals surface area contributed by atoms with E-state index in [2.05, 4.69) is 10.2 Å². The van der Waals surface area contributed by atoms with E-state index in [0.29, 0.717) is 11.4 Å². The van der Waals surface area contributed by atoms with Crippen molar-refractivity contribution in [2.75, 3.05) is 5.73 Å². The number of hydrogen-bond donors (Lipinski definition) is 2. The van der Waals surface area contributed by atoms with Gasteiger partial charge in [-0.2, -0.15) is 5.10 Å². The Labute approximate surface area is 82.1 Å². The summed E-state index contributed by atoms with van der Waals surface area (Å²) in [4.78, 5) is 0. The number of nitrogens with one attached hydrogen (secondary N) is 1. The van der Waals surface area contributed by atoms with Crippen LogP contribution in [0.15, 0.2) is 18.3 Å². The van der Waals surface area contributed by atoms with Gasteiger partial charge in [0.1, 0.15) is 5.75 Å². The number of nitrogens with two attached hydrogens (primary N) is 1. The monoisotopic (exact) mass is 191 g/mol. The highest BCUT2D eigenvalue weighted by Gasteiger charge is 2.05. The van der Waals surface area contributed by atoms with E-state index in [1.165, 1.54) is 0 Å². The van der Waals surface area contributed by atoms with Crippen molar-refractivity contribution in [3.8, 4) is 5.75 Å². The van der Waals surface area contributed by atoms with E-state index in [9.17, 15) is 0 Å². The molecule has 0 atom stereocenters. The maximum Gasteiger partial charge on any atom is 0.144 e. The number of ether oxygens (including phenoxy) is 1. The van der Waals surface area contributed by atoms with E-state index in [-0.39, 0.29) is 6.10 Å². The average Bonchev–Trinajstić information content (AvgIpc) is 2.51. The van der Waals surface area contributed by atoms with Crippen LogP contribution in [0.1, 0.15) is 13.8 Å². The molecule has 2 rings (SSSR count). The number of rotatable bonds is 2. The first-order valence-electron chi connectivity index (χ1n) is 4.56. The van der Waals surface area contributed by atoms with Crippen molar-refractivity contribution in [3.05, 3.63) is 18.3 Å². The maximum absolute atomic E-state index is 5.83. The summed E-state index contributed by atoms with van der Waals surface area (Å²) in [5, 5.41) is 7.80. The Morgan fingerprint density at radius 2 is 2.21 bits per heavy atom. The van der Waals surface area contributed by atoms with Crippen LogP contribution in [0, 0.1) is 0 Å². The number of anilines is 1. The minimum absolute atomic E-state index is 0.123. The molecule has 14 heavy (non-hydrogen) atoms. The third-order valence-corrected chi connectivity index (χ3v) is 1.93. The highest BCUT2D eigenvalue weighted by Crippen LogP contribution is 2.27. The lowest BCUT2D eigenvalue weighted by Gasteiger charge is -2.11. The minimum atomic E-state index is 0.123. The summed E-state index contributed by atoms with van der Waals surface area (Å²) in [6.45, 7) is 3.94. The normalized spacial score (nSPS) is 11.1. The first-order chi connectivity index (χ1) is 6.66. The zero-order chi connectivity index (χ0) is 10.1. The smallest absolute Gasteiger partial charge is 0.144 e. The van der Waals surface area contributed by atoms with E-state index in [4.69, 9.17) is 10.5 Å². The van der Waals surface area contributed by atoms with Crippen molar-refractivity contribution in [1.82, 2.24) is 10.2 Å². The van der Waals surface area contributed by atoms with E-state index >= 15 is 0 Å². The molecule has 0 fully saturated rings. The minimum Gasteiger partial charge on any atom is -0.489 e. The Hall–Kier alpha value is -1.71. The molecule has 0 aliphatic heterocycles. The Kier molecular flexibility index (Phi) is 2.04. The summed E-state index contributed by atoms with van der Waals surface area (Å²) >= 11 is 0. The molecular formula is C10H13N3O. The summed E-state index contributed by atoms with van der Waals surface area (Å²) in [5.74, 6) is 0.705. The fraction of sp³-hybridized carbons (Fsp3) is 0.300. The fourth-order valence-electron chi connectivity index (χ4n) is 1.35. The van der Waals surface area contributed by atoms with Gasteiger partial charge in [-0.3, -0.25) is 5.10 Å². The van der Waals surface area contributed by atoms with Crippen LogP contribution in [-0.4, -0.2) is 16.3 Å². The van der Waals surface area contributed by atoms with E-state index in [1.54, 1.807) is 6.20 Å². The molecule has 0 unspecified atom stereocenters. The molecule has 3 N–H and O–H groups in total. The van der Waals surface area contributed by atoms with Gasteiger partial charge in [-0.05, 0) is 19.9 Å². The molecule has 0 saturated carbocycles. The quantitative estimate of drug-likeness (QED) is 0.713. The summed E-state index contributed by atoms with van der Waals surface area (Å²) in [7, 11) is 0. The summed E-state index contributed by atoms with van der Waals surface area (Å²) in [5.41, 5.74) is 7.41. The van der Waals surface area contributed by atoms with Gasteiger partial charge < -0.3 is 10.5 Å². The topological polar surface area (TPSA) is 63.9 Å². The van der Waals surface area contributed by atoms with Crippen molar-refractivity contribution in [3.63, 3.8) is 0 Å². The van der Waals surface area contributed by atoms with Crippen molar-refractivity contribution < 1.29 is 4.74 Å². The van der Waals surface area contributed by atoms with E-state index in [0.717, 1.165) is 10.9 Å². The first-order valence-corrected chi connectivity index (χ1v) is 4.56. The van der Waals surface area contributed by atoms with Crippen molar-refractivity contribution in [1.29, 1.82) is 0 Å². The second-order valence-electron chi connectivity index (χ2n) is 3.51. The molecule has 0 saturated heterocycles. The molecule has 0 spiro atoms. The number of aromatic amines is 1.